The summed E-state index contributed by atoms with van der Waals surface area (Å²) in [5.41, 5.74) is -2.85. The minimum absolute atomic E-state index is 0.358. The summed E-state index contributed by atoms with van der Waals surface area (Å²) in [5.74, 6) is -6.57. The molecule has 6 nitrogen and oxygen atoms in total. The normalized spacial score (nSPS) is 10.4. The van der Waals surface area contributed by atoms with Crippen LogP contribution in [0.4, 0.5) is 31.5 Å². The van der Waals surface area contributed by atoms with Crippen LogP contribution in [0.1, 0.15) is 20.7 Å². The van der Waals surface area contributed by atoms with Crippen molar-refractivity contribution in [2.45, 2.75) is 0 Å². The van der Waals surface area contributed by atoms with E-state index >= 15 is 8.78 Å². The summed E-state index contributed by atoms with van der Waals surface area (Å²) in [5, 5.41) is 23.8. The smallest absolute Gasteiger partial charge is 0.339 e. The molecule has 0 bridgehead atoms. The van der Waals surface area contributed by atoms with Crippen LogP contribution in [-0.4, -0.2) is 22.2 Å². The summed E-state index contributed by atoms with van der Waals surface area (Å²) in [6.07, 6.45) is 0. The highest BCUT2D eigenvalue weighted by molar-refractivity contribution is 6.05. The molecule has 0 unspecified atom stereocenters. The summed E-state index contributed by atoms with van der Waals surface area (Å²) < 4.78 is 30.1. The summed E-state index contributed by atoms with van der Waals surface area (Å²) in [7, 11) is 0. The van der Waals surface area contributed by atoms with Gasteiger partial charge in [0.15, 0.2) is 11.6 Å². The van der Waals surface area contributed by atoms with E-state index in [0.717, 1.165) is 0 Å². The molecular weight excluding hydrogens is 370 g/mol. The molecule has 4 N–H and O–H groups in total. The van der Waals surface area contributed by atoms with Crippen molar-refractivity contribution in [2.24, 2.45) is 0 Å². The quantitative estimate of drug-likeness (QED) is 0.485. The van der Waals surface area contributed by atoms with Crippen molar-refractivity contribution in [2.75, 3.05) is 10.6 Å². The number of hydrogen-bond acceptors (Lipinski definition) is 4. The molecule has 142 valence electrons. The highest BCUT2D eigenvalue weighted by atomic mass is 19.1. The van der Waals surface area contributed by atoms with Crippen LogP contribution in [0.15, 0.2) is 60.7 Å². The first-order chi connectivity index (χ1) is 13.4. The van der Waals surface area contributed by atoms with E-state index in [2.05, 4.69) is 10.6 Å². The average molecular weight is 384 g/mol. The lowest BCUT2D eigenvalue weighted by Crippen LogP contribution is -2.17. The summed E-state index contributed by atoms with van der Waals surface area (Å²) in [6.45, 7) is 0. The molecule has 0 radical (unpaired) electrons. The van der Waals surface area contributed by atoms with Gasteiger partial charge in [0.25, 0.3) is 0 Å². The fourth-order valence-corrected chi connectivity index (χ4v) is 2.66. The summed E-state index contributed by atoms with van der Waals surface area (Å²) >= 11 is 0. The van der Waals surface area contributed by atoms with Crippen molar-refractivity contribution in [3.8, 4) is 0 Å². The molecule has 0 amide bonds. The first kappa shape index (κ1) is 18.8. The molecule has 0 aromatic heterocycles. The SMILES string of the molecule is O=C(O)c1c(F)c(Nc2ccccc2)c(Nc2ccccc2)c(F)c1C(=O)O. The van der Waals surface area contributed by atoms with Crippen molar-refractivity contribution in [1.82, 2.24) is 0 Å². The Labute approximate surface area is 158 Å². The van der Waals surface area contributed by atoms with Gasteiger partial charge in [-0.05, 0) is 24.3 Å². The number of nitrogens with one attached hydrogen (secondary N) is 2. The maximum absolute atomic E-state index is 15.1. The Morgan fingerprint density at radius 2 is 0.964 bits per heavy atom. The second-order valence-corrected chi connectivity index (χ2v) is 5.72. The van der Waals surface area contributed by atoms with Gasteiger partial charge in [-0.3, -0.25) is 0 Å². The lowest BCUT2D eigenvalue weighted by molar-refractivity contribution is 0.0643. The Kier molecular flexibility index (Phi) is 5.21. The summed E-state index contributed by atoms with van der Waals surface area (Å²) in [6, 6.07) is 16.3. The number of halogens is 2. The minimum Gasteiger partial charge on any atom is -0.478 e. The van der Waals surface area contributed by atoms with Crippen LogP contribution < -0.4 is 10.6 Å². The molecule has 0 aliphatic rings. The second kappa shape index (κ2) is 7.75. The molecule has 3 rings (SSSR count). The number of benzene rings is 3. The number of anilines is 4. The Morgan fingerprint density at radius 3 is 1.25 bits per heavy atom. The zero-order chi connectivity index (χ0) is 20.3. The number of carboxylic acid groups (broad SMARTS) is 2. The molecule has 3 aromatic carbocycles. The fraction of sp³-hybridized carbons (Fsp3) is 0. The zero-order valence-electron chi connectivity index (χ0n) is 14.2. The maximum Gasteiger partial charge on any atom is 0.339 e. The van der Waals surface area contributed by atoms with Crippen LogP contribution in [0, 0.1) is 11.6 Å². The lowest BCUT2D eigenvalue weighted by Gasteiger charge is -2.19. The number of carbonyl (C=O) groups is 2. The third kappa shape index (κ3) is 3.61. The van der Waals surface area contributed by atoms with Gasteiger partial charge in [0, 0.05) is 11.4 Å². The van der Waals surface area contributed by atoms with Crippen LogP contribution in [0.25, 0.3) is 0 Å². The molecule has 28 heavy (non-hydrogen) atoms. The highest BCUT2D eigenvalue weighted by Crippen LogP contribution is 2.38. The van der Waals surface area contributed by atoms with Gasteiger partial charge >= 0.3 is 11.9 Å². The van der Waals surface area contributed by atoms with Crippen molar-refractivity contribution in [3.05, 3.63) is 83.4 Å². The molecular formula is C20H14F2N2O4. The van der Waals surface area contributed by atoms with Gasteiger partial charge < -0.3 is 20.8 Å². The fourth-order valence-electron chi connectivity index (χ4n) is 2.66. The van der Waals surface area contributed by atoms with Gasteiger partial charge in [-0.1, -0.05) is 36.4 Å². The molecule has 0 aliphatic heterocycles. The minimum atomic E-state index is -1.89. The van der Waals surface area contributed by atoms with Gasteiger partial charge in [-0.25, -0.2) is 18.4 Å². The summed E-state index contributed by atoms with van der Waals surface area (Å²) in [4.78, 5) is 22.9. The molecule has 0 saturated carbocycles. The Bertz CT molecular complexity index is 957. The van der Waals surface area contributed by atoms with Crippen LogP contribution in [0.5, 0.6) is 0 Å². The maximum atomic E-state index is 15.1. The lowest BCUT2D eigenvalue weighted by atomic mass is 10.0. The van der Waals surface area contributed by atoms with Crippen LogP contribution in [0.3, 0.4) is 0 Å². The molecule has 0 aliphatic carbocycles. The zero-order valence-corrected chi connectivity index (χ0v) is 14.2. The van der Waals surface area contributed by atoms with Crippen molar-refractivity contribution in [3.63, 3.8) is 0 Å². The number of aromatic carboxylic acids is 2. The Balaban J connectivity index is 2.27. The number of rotatable bonds is 6. The van der Waals surface area contributed by atoms with Gasteiger partial charge in [0.05, 0.1) is 0 Å². The van der Waals surface area contributed by atoms with Gasteiger partial charge in [0.1, 0.15) is 22.5 Å². The molecule has 0 heterocycles. The van der Waals surface area contributed by atoms with Crippen LogP contribution in [-0.2, 0) is 0 Å². The van der Waals surface area contributed by atoms with Gasteiger partial charge in [0.2, 0.25) is 0 Å². The van der Waals surface area contributed by atoms with E-state index in [4.69, 9.17) is 0 Å². The predicted molar refractivity (Wildman–Crippen MR) is 99.7 cm³/mol. The molecule has 0 spiro atoms. The van der Waals surface area contributed by atoms with Gasteiger partial charge in [-0.15, -0.1) is 0 Å². The first-order valence-corrected chi connectivity index (χ1v) is 8.05. The van der Waals surface area contributed by atoms with E-state index in [-0.39, 0.29) is 0 Å². The third-order valence-corrected chi connectivity index (χ3v) is 3.89. The van der Waals surface area contributed by atoms with Crippen LogP contribution >= 0.6 is 0 Å². The number of hydrogen-bond donors (Lipinski definition) is 4. The molecule has 0 fully saturated rings. The number of carboxylic acids is 2. The van der Waals surface area contributed by atoms with E-state index in [1.165, 1.54) is 0 Å². The van der Waals surface area contributed by atoms with E-state index in [9.17, 15) is 19.8 Å². The topological polar surface area (TPSA) is 98.7 Å². The molecule has 3 aromatic rings. The number of para-hydroxylation sites is 2. The average Bonchev–Trinajstić information content (AvgIpc) is 2.68. The molecule has 0 saturated heterocycles. The second-order valence-electron chi connectivity index (χ2n) is 5.72. The van der Waals surface area contributed by atoms with Crippen molar-refractivity contribution >= 4 is 34.7 Å². The van der Waals surface area contributed by atoms with Gasteiger partial charge in [-0.2, -0.15) is 0 Å². The molecule has 8 heteroatoms. The monoisotopic (exact) mass is 384 g/mol. The van der Waals surface area contributed by atoms with Crippen molar-refractivity contribution < 1.29 is 28.6 Å². The van der Waals surface area contributed by atoms with Crippen LogP contribution in [0.2, 0.25) is 0 Å². The predicted octanol–water partition coefficient (Wildman–Crippen LogP) is 4.85. The van der Waals surface area contributed by atoms with E-state index in [1.807, 2.05) is 0 Å². The highest BCUT2D eigenvalue weighted by Gasteiger charge is 2.32. The van der Waals surface area contributed by atoms with E-state index in [0.29, 0.717) is 11.4 Å². The first-order valence-electron chi connectivity index (χ1n) is 8.05. The molecule has 0 atom stereocenters. The Hall–Kier alpha value is -3.94. The van der Waals surface area contributed by atoms with Crippen molar-refractivity contribution in [1.29, 1.82) is 0 Å². The largest absolute Gasteiger partial charge is 0.478 e. The standard InChI is InChI=1S/C20H14F2N2O4/c21-15-13(19(25)26)14(20(27)28)16(22)18(24-12-9-5-2-6-10-12)17(15)23-11-7-3-1-4-8-11/h1-10,23-24H,(H,25,26)(H,27,28). The van der Waals surface area contributed by atoms with E-state index < -0.39 is 46.1 Å². The Morgan fingerprint density at radius 1 is 0.643 bits per heavy atom. The van der Waals surface area contributed by atoms with E-state index in [1.54, 1.807) is 60.7 Å². The third-order valence-electron chi connectivity index (χ3n) is 3.89.